The normalized spacial score (nSPS) is 10.7. The number of para-hydroxylation sites is 1. The van der Waals surface area contributed by atoms with Crippen molar-refractivity contribution < 1.29 is 9.47 Å². The number of hydrogen-bond donors (Lipinski definition) is 2. The van der Waals surface area contributed by atoms with Gasteiger partial charge in [-0.1, -0.05) is 44.2 Å². The molecular weight excluding hydrogens is 429 g/mol. The highest BCUT2D eigenvalue weighted by Crippen LogP contribution is 2.17. The molecule has 0 spiro atoms. The van der Waals surface area contributed by atoms with Gasteiger partial charge in [0.1, 0.15) is 12.4 Å². The van der Waals surface area contributed by atoms with Gasteiger partial charge in [0.05, 0.1) is 0 Å². The zero-order valence-electron chi connectivity index (χ0n) is 15.4. The van der Waals surface area contributed by atoms with E-state index in [0.29, 0.717) is 13.2 Å². The number of hydrogen-bond acceptors (Lipinski definition) is 3. The van der Waals surface area contributed by atoms with Crippen LogP contribution in [0.5, 0.6) is 5.75 Å². The third-order valence-corrected chi connectivity index (χ3v) is 3.40. The summed E-state index contributed by atoms with van der Waals surface area (Å²) in [6, 6.07) is 7.97. The Morgan fingerprint density at radius 3 is 2.68 bits per heavy atom. The summed E-state index contributed by atoms with van der Waals surface area (Å²) < 4.78 is 11.2. The van der Waals surface area contributed by atoms with Crippen LogP contribution in [0.1, 0.15) is 31.7 Å². The summed E-state index contributed by atoms with van der Waals surface area (Å²) in [6.07, 6.45) is 5.01. The molecule has 0 saturated heterocycles. The number of aliphatic imine (C=N–C) groups is 1. The number of nitrogens with zero attached hydrogens (tertiary/aromatic N) is 1. The minimum Gasteiger partial charge on any atom is -0.489 e. The van der Waals surface area contributed by atoms with Gasteiger partial charge in [0.25, 0.3) is 0 Å². The summed E-state index contributed by atoms with van der Waals surface area (Å²) in [5, 5.41) is 6.60. The van der Waals surface area contributed by atoms with Gasteiger partial charge in [0, 0.05) is 38.9 Å². The molecule has 0 aromatic heterocycles. The van der Waals surface area contributed by atoms with Crippen LogP contribution >= 0.6 is 24.0 Å². The number of ether oxygens (including phenoxy) is 2. The lowest BCUT2D eigenvalue weighted by molar-refractivity contribution is 0.129. The highest BCUT2D eigenvalue weighted by molar-refractivity contribution is 14.0. The van der Waals surface area contributed by atoms with Gasteiger partial charge in [-0.15, -0.1) is 24.0 Å². The predicted octanol–water partition coefficient (Wildman–Crippen LogP) is 3.74. The molecule has 142 valence electrons. The van der Waals surface area contributed by atoms with Crippen LogP contribution in [0.15, 0.2) is 41.9 Å². The number of benzene rings is 1. The van der Waals surface area contributed by atoms with E-state index in [9.17, 15) is 0 Å². The third kappa shape index (κ3) is 11.0. The molecule has 5 nitrogen and oxygen atoms in total. The molecular formula is C19H32IN3O2. The Morgan fingerprint density at radius 1 is 1.20 bits per heavy atom. The minimum atomic E-state index is 0. The van der Waals surface area contributed by atoms with Crippen molar-refractivity contribution >= 4 is 29.9 Å². The third-order valence-electron chi connectivity index (χ3n) is 3.40. The maximum atomic E-state index is 5.66. The molecule has 0 aliphatic rings. The highest BCUT2D eigenvalue weighted by atomic mass is 127. The van der Waals surface area contributed by atoms with Crippen LogP contribution in [0.25, 0.3) is 0 Å². The molecule has 0 aliphatic heterocycles. The Hall–Kier alpha value is -1.28. The van der Waals surface area contributed by atoms with Crippen molar-refractivity contribution in [3.8, 4) is 5.75 Å². The van der Waals surface area contributed by atoms with E-state index >= 15 is 0 Å². The second-order valence-corrected chi connectivity index (χ2v) is 5.38. The van der Waals surface area contributed by atoms with Crippen molar-refractivity contribution in [3.63, 3.8) is 0 Å². The summed E-state index contributed by atoms with van der Waals surface area (Å²) in [5.41, 5.74) is 1.09. The monoisotopic (exact) mass is 461 g/mol. The summed E-state index contributed by atoms with van der Waals surface area (Å²) in [5.74, 6) is 1.65. The lowest BCUT2D eigenvalue weighted by Gasteiger charge is -2.14. The van der Waals surface area contributed by atoms with Crippen molar-refractivity contribution in [2.24, 2.45) is 4.99 Å². The zero-order chi connectivity index (χ0) is 17.5. The second-order valence-electron chi connectivity index (χ2n) is 5.38. The molecule has 0 saturated carbocycles. The van der Waals surface area contributed by atoms with Gasteiger partial charge >= 0.3 is 0 Å². The van der Waals surface area contributed by atoms with Crippen LogP contribution in [-0.4, -0.2) is 39.4 Å². The number of guanidine groups is 1. The van der Waals surface area contributed by atoms with Crippen LogP contribution in [-0.2, 0) is 11.3 Å². The fourth-order valence-corrected chi connectivity index (χ4v) is 2.07. The number of unbranched alkanes of at least 4 members (excludes halogenated alkanes) is 1. The molecule has 1 aromatic carbocycles. The van der Waals surface area contributed by atoms with Crippen LogP contribution < -0.4 is 15.4 Å². The standard InChI is InChI=1S/C19H31N3O2.HI/c1-4-6-14-23-15-9-12-21-19(20-3)22-16-17-10-7-8-11-18(17)24-13-5-2;/h5,7-8,10-11H,2,4,6,9,12-16H2,1,3H3,(H2,20,21,22);1H. The Labute approximate surface area is 169 Å². The van der Waals surface area contributed by atoms with E-state index in [-0.39, 0.29) is 24.0 Å². The van der Waals surface area contributed by atoms with Gasteiger partial charge in [-0.25, -0.2) is 0 Å². The molecule has 1 aromatic rings. The summed E-state index contributed by atoms with van der Waals surface area (Å²) >= 11 is 0. The Bertz CT molecular complexity index is 495. The molecule has 2 N–H and O–H groups in total. The molecule has 25 heavy (non-hydrogen) atoms. The molecule has 1 rings (SSSR count). The first-order valence-electron chi connectivity index (χ1n) is 8.65. The Morgan fingerprint density at radius 2 is 1.96 bits per heavy atom. The summed E-state index contributed by atoms with van der Waals surface area (Å²) in [4.78, 5) is 4.24. The Balaban J connectivity index is 0.00000576. The van der Waals surface area contributed by atoms with Crippen molar-refractivity contribution in [1.29, 1.82) is 0 Å². The quantitative estimate of drug-likeness (QED) is 0.164. The van der Waals surface area contributed by atoms with Crippen molar-refractivity contribution in [2.45, 2.75) is 32.7 Å². The van der Waals surface area contributed by atoms with Gasteiger partial charge in [-0.3, -0.25) is 4.99 Å². The molecule has 0 unspecified atom stereocenters. The maximum absolute atomic E-state index is 5.66. The first kappa shape index (κ1) is 23.7. The molecule has 0 heterocycles. The first-order valence-corrected chi connectivity index (χ1v) is 8.65. The lowest BCUT2D eigenvalue weighted by atomic mass is 10.2. The molecule has 0 amide bonds. The predicted molar refractivity (Wildman–Crippen MR) is 116 cm³/mol. The van der Waals surface area contributed by atoms with Crippen LogP contribution in [0, 0.1) is 0 Å². The minimum absolute atomic E-state index is 0. The van der Waals surface area contributed by atoms with Crippen LogP contribution in [0.4, 0.5) is 0 Å². The van der Waals surface area contributed by atoms with Gasteiger partial charge in [-0.05, 0) is 18.9 Å². The lowest BCUT2D eigenvalue weighted by Crippen LogP contribution is -2.37. The maximum Gasteiger partial charge on any atom is 0.191 e. The number of halogens is 1. The van der Waals surface area contributed by atoms with E-state index in [4.69, 9.17) is 9.47 Å². The Kier molecular flexibility index (Phi) is 15.4. The van der Waals surface area contributed by atoms with E-state index < -0.39 is 0 Å². The zero-order valence-corrected chi connectivity index (χ0v) is 17.8. The fourth-order valence-electron chi connectivity index (χ4n) is 2.07. The average Bonchev–Trinajstić information content (AvgIpc) is 2.62. The smallest absolute Gasteiger partial charge is 0.191 e. The summed E-state index contributed by atoms with van der Waals surface area (Å²) in [7, 11) is 1.77. The van der Waals surface area contributed by atoms with Gasteiger partial charge in [0.15, 0.2) is 5.96 Å². The first-order chi connectivity index (χ1) is 11.8. The van der Waals surface area contributed by atoms with E-state index in [0.717, 1.165) is 49.9 Å². The van der Waals surface area contributed by atoms with Gasteiger partial charge in [-0.2, -0.15) is 0 Å². The molecule has 0 radical (unpaired) electrons. The SMILES string of the molecule is C=CCOc1ccccc1CNC(=NC)NCCCOCCCC.I. The van der Waals surface area contributed by atoms with Gasteiger partial charge in [0.2, 0.25) is 0 Å². The van der Waals surface area contributed by atoms with Crippen molar-refractivity contribution in [2.75, 3.05) is 33.4 Å². The second kappa shape index (κ2) is 16.2. The van der Waals surface area contributed by atoms with E-state index in [2.05, 4.69) is 29.1 Å². The average molecular weight is 461 g/mol. The van der Waals surface area contributed by atoms with Crippen LogP contribution in [0.3, 0.4) is 0 Å². The largest absolute Gasteiger partial charge is 0.489 e. The van der Waals surface area contributed by atoms with E-state index in [1.807, 2.05) is 24.3 Å². The summed E-state index contributed by atoms with van der Waals surface area (Å²) in [6.45, 7) is 9.47. The highest BCUT2D eigenvalue weighted by Gasteiger charge is 2.04. The topological polar surface area (TPSA) is 54.9 Å². The molecule has 0 fully saturated rings. The molecule has 6 heteroatoms. The van der Waals surface area contributed by atoms with E-state index in [1.165, 1.54) is 6.42 Å². The molecule has 0 aliphatic carbocycles. The van der Waals surface area contributed by atoms with Crippen LogP contribution in [0.2, 0.25) is 0 Å². The number of nitrogens with one attached hydrogen (secondary N) is 2. The molecule has 0 atom stereocenters. The fraction of sp³-hybridized carbons (Fsp3) is 0.526. The number of rotatable bonds is 12. The van der Waals surface area contributed by atoms with Gasteiger partial charge < -0.3 is 20.1 Å². The van der Waals surface area contributed by atoms with Crippen molar-refractivity contribution in [3.05, 3.63) is 42.5 Å². The molecule has 0 bridgehead atoms. The van der Waals surface area contributed by atoms with Crippen molar-refractivity contribution in [1.82, 2.24) is 10.6 Å². The van der Waals surface area contributed by atoms with E-state index in [1.54, 1.807) is 13.1 Å².